The minimum atomic E-state index is -0.961. The van der Waals surface area contributed by atoms with Gasteiger partial charge < -0.3 is 15.8 Å². The number of carboxylic acid groups (broad SMARTS) is 1. The lowest BCUT2D eigenvalue weighted by Gasteiger charge is -1.98. The number of hydrogen-bond donors (Lipinski definition) is 3. The van der Waals surface area contributed by atoms with Crippen molar-refractivity contribution in [3.05, 3.63) is 48.0 Å². The first-order valence-corrected chi connectivity index (χ1v) is 5.73. The lowest BCUT2D eigenvalue weighted by molar-refractivity contribution is 0.0697. The molecule has 0 amide bonds. The topological polar surface area (TPSA) is 92.0 Å². The molecule has 2 aromatic carbocycles. The summed E-state index contributed by atoms with van der Waals surface area (Å²) >= 11 is 0. The number of H-pyrrole nitrogens is 1. The van der Waals surface area contributed by atoms with Crippen molar-refractivity contribution in [2.24, 2.45) is 0 Å². The summed E-state index contributed by atoms with van der Waals surface area (Å²) in [5.41, 5.74) is 8.91. The van der Waals surface area contributed by atoms with Crippen molar-refractivity contribution in [3.63, 3.8) is 0 Å². The van der Waals surface area contributed by atoms with Gasteiger partial charge in [-0.2, -0.15) is 0 Å². The molecule has 0 bridgehead atoms. The summed E-state index contributed by atoms with van der Waals surface area (Å²) in [7, 11) is 0. The molecular formula is C14H11N3O2. The molecule has 94 valence electrons. The van der Waals surface area contributed by atoms with Crippen molar-refractivity contribution in [1.82, 2.24) is 9.97 Å². The van der Waals surface area contributed by atoms with E-state index in [9.17, 15) is 4.79 Å². The third kappa shape index (κ3) is 1.91. The zero-order valence-corrected chi connectivity index (χ0v) is 9.92. The second-order valence-electron chi connectivity index (χ2n) is 4.21. The lowest BCUT2D eigenvalue weighted by atomic mass is 10.1. The van der Waals surface area contributed by atoms with Gasteiger partial charge in [0, 0.05) is 5.56 Å². The zero-order valence-electron chi connectivity index (χ0n) is 9.92. The molecule has 19 heavy (non-hydrogen) atoms. The Kier molecular flexibility index (Phi) is 2.45. The number of rotatable bonds is 2. The molecular weight excluding hydrogens is 242 g/mol. The molecule has 0 radical (unpaired) electrons. The largest absolute Gasteiger partial charge is 0.478 e. The average molecular weight is 253 g/mol. The molecule has 3 rings (SSSR count). The summed E-state index contributed by atoms with van der Waals surface area (Å²) in [6.07, 6.45) is 0. The standard InChI is InChI=1S/C14H11N3O2/c15-10-5-2-6-11-12(10)17-13(16-11)8-3-1-4-9(7-8)14(18)19/h1-7H,15H2,(H,16,17)(H,18,19). The Morgan fingerprint density at radius 1 is 1.21 bits per heavy atom. The number of aromatic nitrogens is 2. The predicted molar refractivity (Wildman–Crippen MR) is 72.9 cm³/mol. The summed E-state index contributed by atoms with van der Waals surface area (Å²) in [5, 5.41) is 8.99. The van der Waals surface area contributed by atoms with Crippen molar-refractivity contribution in [2.75, 3.05) is 5.73 Å². The molecule has 5 nitrogen and oxygen atoms in total. The highest BCUT2D eigenvalue weighted by molar-refractivity contribution is 5.91. The fourth-order valence-corrected chi connectivity index (χ4v) is 1.99. The van der Waals surface area contributed by atoms with Crippen LogP contribution in [-0.2, 0) is 0 Å². The number of aromatic carboxylic acids is 1. The van der Waals surface area contributed by atoms with Gasteiger partial charge in [0.25, 0.3) is 0 Å². The van der Waals surface area contributed by atoms with Gasteiger partial charge in [-0.25, -0.2) is 9.78 Å². The summed E-state index contributed by atoms with van der Waals surface area (Å²) in [4.78, 5) is 18.5. The lowest BCUT2D eigenvalue weighted by Crippen LogP contribution is -1.96. The molecule has 0 atom stereocenters. The normalized spacial score (nSPS) is 10.7. The van der Waals surface area contributed by atoms with Crippen LogP contribution in [0.5, 0.6) is 0 Å². The van der Waals surface area contributed by atoms with Gasteiger partial charge in [0.2, 0.25) is 0 Å². The average Bonchev–Trinajstić information content (AvgIpc) is 2.84. The summed E-state index contributed by atoms with van der Waals surface area (Å²) in [6, 6.07) is 12.1. The predicted octanol–water partition coefficient (Wildman–Crippen LogP) is 2.51. The maximum absolute atomic E-state index is 11.0. The first kappa shape index (κ1) is 11.3. The van der Waals surface area contributed by atoms with Crippen molar-refractivity contribution < 1.29 is 9.90 Å². The Bertz CT molecular complexity index is 777. The third-order valence-corrected chi connectivity index (χ3v) is 2.93. The van der Waals surface area contributed by atoms with Crippen LogP contribution >= 0.6 is 0 Å². The highest BCUT2D eigenvalue weighted by atomic mass is 16.4. The van der Waals surface area contributed by atoms with Gasteiger partial charge in [0.05, 0.1) is 16.8 Å². The summed E-state index contributed by atoms with van der Waals surface area (Å²) in [6.45, 7) is 0. The van der Waals surface area contributed by atoms with Crippen LogP contribution in [0.15, 0.2) is 42.5 Å². The van der Waals surface area contributed by atoms with E-state index in [1.54, 1.807) is 30.3 Å². The maximum atomic E-state index is 11.0. The van der Waals surface area contributed by atoms with Crippen LogP contribution in [0, 0.1) is 0 Å². The van der Waals surface area contributed by atoms with E-state index < -0.39 is 5.97 Å². The van der Waals surface area contributed by atoms with Crippen LogP contribution in [0.2, 0.25) is 0 Å². The van der Waals surface area contributed by atoms with Crippen LogP contribution < -0.4 is 5.73 Å². The van der Waals surface area contributed by atoms with E-state index >= 15 is 0 Å². The number of para-hydroxylation sites is 1. The van der Waals surface area contributed by atoms with Crippen molar-refractivity contribution in [1.29, 1.82) is 0 Å². The van der Waals surface area contributed by atoms with Gasteiger partial charge in [-0.15, -0.1) is 0 Å². The molecule has 1 heterocycles. The molecule has 0 saturated carbocycles. The first-order valence-electron chi connectivity index (χ1n) is 5.73. The highest BCUT2D eigenvalue weighted by Crippen LogP contribution is 2.24. The third-order valence-electron chi connectivity index (χ3n) is 2.93. The first-order chi connectivity index (χ1) is 9.15. The number of carboxylic acids is 1. The van der Waals surface area contributed by atoms with E-state index in [4.69, 9.17) is 10.8 Å². The molecule has 0 aliphatic rings. The number of nitrogens with zero attached hydrogens (tertiary/aromatic N) is 1. The number of benzene rings is 2. The van der Waals surface area contributed by atoms with Gasteiger partial charge in [0.15, 0.2) is 0 Å². The number of nitrogen functional groups attached to an aromatic ring is 1. The second-order valence-corrected chi connectivity index (χ2v) is 4.21. The summed E-state index contributed by atoms with van der Waals surface area (Å²) in [5.74, 6) is -0.353. The van der Waals surface area contributed by atoms with Crippen molar-refractivity contribution in [2.45, 2.75) is 0 Å². The summed E-state index contributed by atoms with van der Waals surface area (Å²) < 4.78 is 0. The number of nitrogens with two attached hydrogens (primary N) is 1. The monoisotopic (exact) mass is 253 g/mol. The van der Waals surface area contributed by atoms with E-state index in [0.29, 0.717) is 17.0 Å². The molecule has 0 fully saturated rings. The number of aromatic amines is 1. The van der Waals surface area contributed by atoms with Gasteiger partial charge in [-0.1, -0.05) is 18.2 Å². The number of carbonyl (C=O) groups is 1. The number of anilines is 1. The van der Waals surface area contributed by atoms with Gasteiger partial charge in [-0.05, 0) is 24.3 Å². The molecule has 1 aromatic heterocycles. The van der Waals surface area contributed by atoms with E-state index in [0.717, 1.165) is 11.1 Å². The van der Waals surface area contributed by atoms with Crippen LogP contribution in [0.1, 0.15) is 10.4 Å². The number of hydrogen-bond acceptors (Lipinski definition) is 3. The molecule has 0 unspecified atom stereocenters. The Hall–Kier alpha value is -2.82. The zero-order chi connectivity index (χ0) is 13.4. The molecule has 0 saturated heterocycles. The maximum Gasteiger partial charge on any atom is 0.335 e. The minimum absolute atomic E-state index is 0.228. The van der Waals surface area contributed by atoms with Crippen LogP contribution in [0.25, 0.3) is 22.4 Å². The smallest absolute Gasteiger partial charge is 0.335 e. The highest BCUT2D eigenvalue weighted by Gasteiger charge is 2.09. The molecule has 4 N–H and O–H groups in total. The number of fused-ring (bicyclic) bond motifs is 1. The van der Waals surface area contributed by atoms with E-state index in [2.05, 4.69) is 9.97 Å². The van der Waals surface area contributed by atoms with Gasteiger partial charge in [-0.3, -0.25) is 0 Å². The molecule has 0 aliphatic carbocycles. The Balaban J connectivity index is 2.16. The Morgan fingerprint density at radius 3 is 2.74 bits per heavy atom. The van der Waals surface area contributed by atoms with Gasteiger partial charge in [0.1, 0.15) is 11.3 Å². The Morgan fingerprint density at radius 2 is 2.00 bits per heavy atom. The fourth-order valence-electron chi connectivity index (χ4n) is 1.99. The molecule has 3 aromatic rings. The second kappa shape index (κ2) is 4.13. The van der Waals surface area contributed by atoms with E-state index in [-0.39, 0.29) is 5.56 Å². The molecule has 5 heteroatoms. The number of imidazole rings is 1. The van der Waals surface area contributed by atoms with Crippen LogP contribution in [0.4, 0.5) is 5.69 Å². The van der Waals surface area contributed by atoms with Crippen molar-refractivity contribution in [3.8, 4) is 11.4 Å². The molecule has 0 aliphatic heterocycles. The van der Waals surface area contributed by atoms with Crippen LogP contribution in [-0.4, -0.2) is 21.0 Å². The quantitative estimate of drug-likeness (QED) is 0.612. The Labute approximate surface area is 108 Å². The van der Waals surface area contributed by atoms with Crippen molar-refractivity contribution >= 4 is 22.7 Å². The van der Waals surface area contributed by atoms with Gasteiger partial charge >= 0.3 is 5.97 Å². The number of nitrogens with one attached hydrogen (secondary N) is 1. The minimum Gasteiger partial charge on any atom is -0.478 e. The molecule has 0 spiro atoms. The van der Waals surface area contributed by atoms with E-state index in [1.807, 2.05) is 12.1 Å². The van der Waals surface area contributed by atoms with E-state index in [1.165, 1.54) is 0 Å². The SMILES string of the molecule is Nc1cccc2[nH]c(-c3cccc(C(=O)O)c3)nc12. The van der Waals surface area contributed by atoms with Crippen LogP contribution in [0.3, 0.4) is 0 Å². The fraction of sp³-hybridized carbons (Fsp3) is 0.